The van der Waals surface area contributed by atoms with Crippen molar-refractivity contribution in [3.63, 3.8) is 0 Å². The molecular formula is C21H21N3O2S. The first-order valence-corrected chi connectivity index (χ1v) is 9.94. The number of fused-ring (bicyclic) bond motifs is 1. The van der Waals surface area contributed by atoms with Gasteiger partial charge in [-0.05, 0) is 36.4 Å². The zero-order valence-electron chi connectivity index (χ0n) is 15.6. The molecule has 6 heteroatoms. The molecule has 2 aromatic heterocycles. The number of hydrazone groups is 1. The van der Waals surface area contributed by atoms with E-state index in [2.05, 4.69) is 10.1 Å². The predicted molar refractivity (Wildman–Crippen MR) is 109 cm³/mol. The minimum atomic E-state index is -0.176. The Morgan fingerprint density at radius 2 is 2.00 bits per heavy atom. The Morgan fingerprint density at radius 1 is 1.26 bits per heavy atom. The van der Waals surface area contributed by atoms with Gasteiger partial charge >= 0.3 is 0 Å². The highest BCUT2D eigenvalue weighted by Gasteiger charge is 2.34. The van der Waals surface area contributed by atoms with Crippen molar-refractivity contribution in [1.82, 2.24) is 9.99 Å². The number of amides is 1. The molecule has 1 aliphatic rings. The minimum Gasteiger partial charge on any atom is -0.313 e. The van der Waals surface area contributed by atoms with E-state index in [9.17, 15) is 9.59 Å². The Balaban J connectivity index is 1.81. The van der Waals surface area contributed by atoms with E-state index in [1.807, 2.05) is 56.5 Å². The second kappa shape index (κ2) is 6.78. The molecule has 0 bridgehead atoms. The first kappa shape index (κ1) is 17.7. The van der Waals surface area contributed by atoms with Gasteiger partial charge in [0.05, 0.1) is 17.3 Å². The minimum absolute atomic E-state index is 0.0405. The van der Waals surface area contributed by atoms with E-state index < -0.39 is 0 Å². The smallest absolute Gasteiger partial charge is 0.258 e. The summed E-state index contributed by atoms with van der Waals surface area (Å²) in [4.78, 5) is 29.1. The van der Waals surface area contributed by atoms with Crippen LogP contribution in [0.15, 0.2) is 45.6 Å². The normalized spacial score (nSPS) is 16.8. The first-order chi connectivity index (χ1) is 13.0. The molecule has 3 aromatic rings. The van der Waals surface area contributed by atoms with Crippen LogP contribution in [-0.4, -0.2) is 21.6 Å². The molecule has 1 aromatic carbocycles. The van der Waals surface area contributed by atoms with E-state index in [-0.39, 0.29) is 17.5 Å². The lowest BCUT2D eigenvalue weighted by molar-refractivity contribution is -0.132. The molecular weight excluding hydrogens is 358 g/mol. The molecule has 0 spiro atoms. The zero-order chi connectivity index (χ0) is 19.1. The number of rotatable bonds is 3. The van der Waals surface area contributed by atoms with Crippen molar-refractivity contribution >= 4 is 33.2 Å². The van der Waals surface area contributed by atoms with Gasteiger partial charge < -0.3 is 4.98 Å². The number of hydrogen-bond acceptors (Lipinski definition) is 4. The molecule has 138 valence electrons. The number of carbonyl (C=O) groups excluding carboxylic acids is 1. The van der Waals surface area contributed by atoms with Crippen LogP contribution in [0.3, 0.4) is 0 Å². The van der Waals surface area contributed by atoms with Gasteiger partial charge in [-0.25, -0.2) is 5.01 Å². The number of aromatic nitrogens is 1. The fourth-order valence-electron chi connectivity index (χ4n) is 3.62. The highest BCUT2D eigenvalue weighted by Crippen LogP contribution is 2.34. The molecule has 0 aliphatic carbocycles. The third kappa shape index (κ3) is 3.00. The second-order valence-electron chi connectivity index (χ2n) is 6.89. The molecule has 3 heterocycles. The summed E-state index contributed by atoms with van der Waals surface area (Å²) >= 11 is 1.51. The number of aromatic amines is 1. The maximum absolute atomic E-state index is 12.7. The number of aryl methyl sites for hydroxylation is 2. The summed E-state index contributed by atoms with van der Waals surface area (Å²) in [6, 6.07) is 9.98. The van der Waals surface area contributed by atoms with Crippen molar-refractivity contribution in [2.45, 2.75) is 39.7 Å². The Morgan fingerprint density at radius 3 is 2.70 bits per heavy atom. The average Bonchev–Trinajstić information content (AvgIpc) is 3.29. The lowest BCUT2D eigenvalue weighted by Gasteiger charge is -2.21. The molecule has 0 unspecified atom stereocenters. The van der Waals surface area contributed by atoms with Crippen LogP contribution < -0.4 is 5.56 Å². The summed E-state index contributed by atoms with van der Waals surface area (Å²) in [5.41, 5.74) is 4.24. The Labute approximate surface area is 161 Å². The van der Waals surface area contributed by atoms with Crippen LogP contribution in [0.25, 0.3) is 10.2 Å². The molecule has 27 heavy (non-hydrogen) atoms. The van der Waals surface area contributed by atoms with Crippen LogP contribution in [0.5, 0.6) is 0 Å². The second-order valence-corrected chi connectivity index (χ2v) is 7.80. The quantitative estimate of drug-likeness (QED) is 0.737. The van der Waals surface area contributed by atoms with Gasteiger partial charge in [0.25, 0.3) is 5.56 Å². The average molecular weight is 379 g/mol. The van der Waals surface area contributed by atoms with E-state index in [4.69, 9.17) is 0 Å². The largest absolute Gasteiger partial charge is 0.313 e. The van der Waals surface area contributed by atoms with Crippen LogP contribution >= 0.6 is 11.3 Å². The summed E-state index contributed by atoms with van der Waals surface area (Å²) in [6.45, 7) is 5.82. The van der Waals surface area contributed by atoms with Crippen LogP contribution in [-0.2, 0) is 4.79 Å². The molecule has 0 radical (unpaired) electrons. The predicted octanol–water partition coefficient (Wildman–Crippen LogP) is 4.29. The number of thiophene rings is 1. The van der Waals surface area contributed by atoms with Crippen molar-refractivity contribution in [3.8, 4) is 0 Å². The monoisotopic (exact) mass is 379 g/mol. The Hall–Kier alpha value is -2.73. The van der Waals surface area contributed by atoms with Crippen LogP contribution in [0.4, 0.5) is 0 Å². The fraction of sp³-hybridized carbons (Fsp3) is 0.286. The maximum atomic E-state index is 12.7. The number of nitrogens with zero attached hydrogens (tertiary/aromatic N) is 2. The topological polar surface area (TPSA) is 65.5 Å². The number of benzene rings is 1. The maximum Gasteiger partial charge on any atom is 0.258 e. The van der Waals surface area contributed by atoms with E-state index in [0.29, 0.717) is 24.1 Å². The van der Waals surface area contributed by atoms with E-state index >= 15 is 0 Å². The van der Waals surface area contributed by atoms with Gasteiger partial charge in [-0.3, -0.25) is 9.59 Å². The highest BCUT2D eigenvalue weighted by molar-refractivity contribution is 7.16. The Kier molecular flexibility index (Phi) is 4.44. The molecule has 0 saturated heterocycles. The Bertz CT molecular complexity index is 1110. The zero-order valence-corrected chi connectivity index (χ0v) is 16.4. The molecule has 1 amide bonds. The molecule has 1 atom stereocenters. The van der Waals surface area contributed by atoms with E-state index in [1.165, 1.54) is 16.9 Å². The van der Waals surface area contributed by atoms with Crippen molar-refractivity contribution < 1.29 is 4.79 Å². The van der Waals surface area contributed by atoms with Gasteiger partial charge in [0.2, 0.25) is 5.91 Å². The van der Waals surface area contributed by atoms with Gasteiger partial charge in [0.1, 0.15) is 4.83 Å². The van der Waals surface area contributed by atoms with Crippen LogP contribution in [0.1, 0.15) is 48.1 Å². The van der Waals surface area contributed by atoms with Crippen molar-refractivity contribution in [3.05, 3.63) is 68.3 Å². The summed E-state index contributed by atoms with van der Waals surface area (Å²) in [7, 11) is 0. The molecule has 0 saturated carbocycles. The summed E-state index contributed by atoms with van der Waals surface area (Å²) in [5, 5.41) is 9.16. The molecule has 1 aliphatic heterocycles. The van der Waals surface area contributed by atoms with Crippen LogP contribution in [0, 0.1) is 13.8 Å². The van der Waals surface area contributed by atoms with Gasteiger partial charge in [-0.1, -0.05) is 36.8 Å². The standard InChI is InChI=1S/C21H21N3O2S/c1-4-18(25)24-17(14-7-5-12(2)6-8-14)11-16(23-24)19-13(3)15-9-10-27-21(15)22-20(19)26/h5-10,17H,4,11H2,1-3H3,(H,22,26)/t17-/m0/s1. The van der Waals surface area contributed by atoms with Gasteiger partial charge in [-0.2, -0.15) is 5.10 Å². The number of H-pyrrole nitrogens is 1. The lowest BCUT2D eigenvalue weighted by atomic mass is 9.95. The van der Waals surface area contributed by atoms with Gasteiger partial charge in [-0.15, -0.1) is 11.3 Å². The summed E-state index contributed by atoms with van der Waals surface area (Å²) < 4.78 is 0. The van der Waals surface area contributed by atoms with Crippen LogP contribution in [0.2, 0.25) is 0 Å². The van der Waals surface area contributed by atoms with E-state index in [0.717, 1.165) is 21.3 Å². The van der Waals surface area contributed by atoms with Crippen molar-refractivity contribution in [2.24, 2.45) is 5.10 Å². The third-order valence-corrected chi connectivity index (χ3v) is 5.95. The van der Waals surface area contributed by atoms with Gasteiger partial charge in [0.15, 0.2) is 0 Å². The van der Waals surface area contributed by atoms with Crippen molar-refractivity contribution in [1.29, 1.82) is 0 Å². The SMILES string of the molecule is CCC(=O)N1N=C(c2c(C)c3ccsc3[nH]c2=O)C[C@H]1c1ccc(C)cc1. The van der Waals surface area contributed by atoms with E-state index in [1.54, 1.807) is 5.01 Å². The lowest BCUT2D eigenvalue weighted by Crippen LogP contribution is -2.26. The molecule has 1 N–H and O–H groups in total. The first-order valence-electron chi connectivity index (χ1n) is 9.06. The number of carbonyl (C=O) groups is 1. The fourth-order valence-corrected chi connectivity index (χ4v) is 4.46. The third-order valence-electron chi connectivity index (χ3n) is 5.12. The van der Waals surface area contributed by atoms with Crippen molar-refractivity contribution in [2.75, 3.05) is 0 Å². The number of pyridine rings is 1. The molecule has 4 rings (SSSR count). The molecule has 0 fully saturated rings. The van der Waals surface area contributed by atoms with Gasteiger partial charge in [0, 0.05) is 18.2 Å². The molecule has 5 nitrogen and oxygen atoms in total. The highest BCUT2D eigenvalue weighted by atomic mass is 32.1. The number of nitrogens with one attached hydrogen (secondary N) is 1. The number of hydrogen-bond donors (Lipinski definition) is 1. The summed E-state index contributed by atoms with van der Waals surface area (Å²) in [5.74, 6) is -0.0405. The summed E-state index contributed by atoms with van der Waals surface area (Å²) in [6.07, 6.45) is 0.909.